The fourth-order valence-electron chi connectivity index (χ4n) is 3.94. The summed E-state index contributed by atoms with van der Waals surface area (Å²) >= 11 is 0. The molecule has 5 rings (SSSR count). The number of nitrogens with zero attached hydrogens (tertiary/aromatic N) is 4. The van der Waals surface area contributed by atoms with Gasteiger partial charge in [-0.1, -0.05) is 49.2 Å². The lowest BCUT2D eigenvalue weighted by Crippen LogP contribution is -2.17. The molecule has 29 heavy (non-hydrogen) atoms. The smallest absolute Gasteiger partial charge is 0.225 e. The fourth-order valence-corrected chi connectivity index (χ4v) is 3.94. The van der Waals surface area contributed by atoms with Crippen LogP contribution in [0.3, 0.4) is 0 Å². The Kier molecular flexibility index (Phi) is 4.35. The zero-order valence-corrected chi connectivity index (χ0v) is 15.8. The largest absolute Gasteiger partial charge is 0.383 e. The van der Waals surface area contributed by atoms with Crippen molar-refractivity contribution >= 4 is 22.8 Å². The van der Waals surface area contributed by atoms with Gasteiger partial charge in [0.25, 0.3) is 0 Å². The molecular weight excluding hydrogens is 367 g/mol. The van der Waals surface area contributed by atoms with Crippen molar-refractivity contribution in [3.63, 3.8) is 0 Å². The third-order valence-corrected chi connectivity index (χ3v) is 5.36. The number of halogens is 1. The van der Waals surface area contributed by atoms with Crippen LogP contribution in [0.5, 0.6) is 0 Å². The molecule has 1 saturated carbocycles. The van der Waals surface area contributed by atoms with Crippen LogP contribution in [0.4, 0.5) is 16.2 Å². The molecule has 0 radical (unpaired) electrons. The third-order valence-electron chi connectivity index (χ3n) is 5.36. The number of hydrogen-bond donors (Lipinski definition) is 2. The summed E-state index contributed by atoms with van der Waals surface area (Å²) in [7, 11) is 0. The van der Waals surface area contributed by atoms with E-state index in [-0.39, 0.29) is 5.82 Å². The molecule has 1 aliphatic rings. The number of rotatable bonds is 4. The molecule has 0 atom stereocenters. The van der Waals surface area contributed by atoms with Gasteiger partial charge in [0, 0.05) is 11.6 Å². The molecule has 1 fully saturated rings. The quantitative estimate of drug-likeness (QED) is 0.536. The SMILES string of the molecule is Nc1c2c(-c3ccccc3)nc(NC3CCCC3)nc2nn1-c1cccc(F)c1. The number of nitrogen functional groups attached to an aromatic ring is 1. The van der Waals surface area contributed by atoms with E-state index in [1.165, 1.54) is 29.7 Å². The number of benzene rings is 2. The molecule has 3 N–H and O–H groups in total. The Balaban J connectivity index is 1.70. The number of nitrogens with two attached hydrogens (primary N) is 1. The van der Waals surface area contributed by atoms with E-state index in [1.807, 2.05) is 30.3 Å². The molecule has 1 aliphatic carbocycles. The first-order valence-corrected chi connectivity index (χ1v) is 9.83. The molecule has 7 heteroatoms. The Morgan fingerprint density at radius 3 is 2.55 bits per heavy atom. The van der Waals surface area contributed by atoms with E-state index in [1.54, 1.807) is 12.1 Å². The Bertz CT molecular complexity index is 1160. The maximum absolute atomic E-state index is 13.8. The minimum atomic E-state index is -0.348. The second-order valence-corrected chi connectivity index (χ2v) is 7.36. The van der Waals surface area contributed by atoms with Gasteiger partial charge in [0.2, 0.25) is 5.95 Å². The lowest BCUT2D eigenvalue weighted by Gasteiger charge is -2.13. The van der Waals surface area contributed by atoms with Gasteiger partial charge in [0.15, 0.2) is 5.65 Å². The highest BCUT2D eigenvalue weighted by Crippen LogP contribution is 2.33. The summed E-state index contributed by atoms with van der Waals surface area (Å²) in [4.78, 5) is 9.42. The van der Waals surface area contributed by atoms with E-state index in [2.05, 4.69) is 15.4 Å². The van der Waals surface area contributed by atoms with Gasteiger partial charge in [-0.05, 0) is 31.0 Å². The lowest BCUT2D eigenvalue weighted by atomic mass is 10.1. The monoisotopic (exact) mass is 388 g/mol. The van der Waals surface area contributed by atoms with Gasteiger partial charge in [-0.15, -0.1) is 5.10 Å². The van der Waals surface area contributed by atoms with Crippen LogP contribution >= 0.6 is 0 Å². The topological polar surface area (TPSA) is 81.7 Å². The van der Waals surface area contributed by atoms with Gasteiger partial charge in [0.05, 0.1) is 16.8 Å². The predicted molar refractivity (Wildman–Crippen MR) is 112 cm³/mol. The number of aromatic nitrogens is 4. The maximum atomic E-state index is 13.8. The van der Waals surface area contributed by atoms with Crippen molar-refractivity contribution in [3.05, 3.63) is 60.4 Å². The molecule has 2 aromatic heterocycles. The van der Waals surface area contributed by atoms with Crippen molar-refractivity contribution in [1.29, 1.82) is 0 Å². The van der Waals surface area contributed by atoms with Gasteiger partial charge in [-0.2, -0.15) is 4.98 Å². The van der Waals surface area contributed by atoms with Crippen molar-refractivity contribution in [2.75, 3.05) is 11.1 Å². The summed E-state index contributed by atoms with van der Waals surface area (Å²) < 4.78 is 15.3. The van der Waals surface area contributed by atoms with Gasteiger partial charge in [-0.25, -0.2) is 14.1 Å². The molecule has 4 aromatic rings. The summed E-state index contributed by atoms with van der Waals surface area (Å²) in [6.07, 6.45) is 4.66. The van der Waals surface area contributed by atoms with Crippen LogP contribution < -0.4 is 11.1 Å². The van der Waals surface area contributed by atoms with Crippen molar-refractivity contribution in [2.24, 2.45) is 0 Å². The van der Waals surface area contributed by atoms with Gasteiger partial charge in [0.1, 0.15) is 11.6 Å². The number of nitrogens with one attached hydrogen (secondary N) is 1. The molecule has 0 unspecified atom stereocenters. The average molecular weight is 388 g/mol. The van der Waals surface area contributed by atoms with Crippen LogP contribution in [-0.2, 0) is 0 Å². The summed E-state index contributed by atoms with van der Waals surface area (Å²) in [5.41, 5.74) is 9.13. The van der Waals surface area contributed by atoms with Gasteiger partial charge < -0.3 is 11.1 Å². The van der Waals surface area contributed by atoms with Crippen LogP contribution in [0.1, 0.15) is 25.7 Å². The summed E-state index contributed by atoms with van der Waals surface area (Å²) in [6.45, 7) is 0. The first kappa shape index (κ1) is 17.6. The molecule has 6 nitrogen and oxygen atoms in total. The highest BCUT2D eigenvalue weighted by Gasteiger charge is 2.21. The maximum Gasteiger partial charge on any atom is 0.225 e. The molecule has 0 amide bonds. The molecular formula is C22H21FN6. The Morgan fingerprint density at radius 1 is 1.00 bits per heavy atom. The summed E-state index contributed by atoms with van der Waals surface area (Å²) in [5.74, 6) is 0.587. The van der Waals surface area contributed by atoms with Crippen LogP contribution in [0, 0.1) is 5.82 Å². The Labute approximate surface area is 167 Å². The molecule has 0 bridgehead atoms. The zero-order chi connectivity index (χ0) is 19.8. The van der Waals surface area contributed by atoms with Crippen molar-refractivity contribution < 1.29 is 4.39 Å². The van der Waals surface area contributed by atoms with Crippen LogP contribution in [-0.4, -0.2) is 25.8 Å². The molecule has 0 spiro atoms. The normalized spacial score (nSPS) is 14.5. The van der Waals surface area contributed by atoms with E-state index in [0.717, 1.165) is 24.1 Å². The van der Waals surface area contributed by atoms with Crippen molar-refractivity contribution in [3.8, 4) is 16.9 Å². The minimum absolute atomic E-state index is 0.348. The van der Waals surface area contributed by atoms with Crippen molar-refractivity contribution in [2.45, 2.75) is 31.7 Å². The zero-order valence-electron chi connectivity index (χ0n) is 15.8. The fraction of sp³-hybridized carbons (Fsp3) is 0.227. The summed E-state index contributed by atoms with van der Waals surface area (Å²) in [6, 6.07) is 16.4. The minimum Gasteiger partial charge on any atom is -0.383 e. The predicted octanol–water partition coefficient (Wildman–Crippen LogP) is 4.56. The molecule has 2 heterocycles. The van der Waals surface area contributed by atoms with E-state index in [9.17, 15) is 4.39 Å². The number of fused-ring (bicyclic) bond motifs is 1. The first-order valence-electron chi connectivity index (χ1n) is 9.83. The lowest BCUT2D eigenvalue weighted by molar-refractivity contribution is 0.625. The second-order valence-electron chi connectivity index (χ2n) is 7.36. The number of hydrogen-bond acceptors (Lipinski definition) is 5. The number of anilines is 2. The third kappa shape index (κ3) is 3.29. The Morgan fingerprint density at radius 2 is 1.79 bits per heavy atom. The van der Waals surface area contributed by atoms with Crippen molar-refractivity contribution in [1.82, 2.24) is 19.7 Å². The van der Waals surface area contributed by atoms with Crippen LogP contribution in [0.15, 0.2) is 54.6 Å². The van der Waals surface area contributed by atoms with Crippen LogP contribution in [0.25, 0.3) is 28.0 Å². The molecule has 2 aromatic carbocycles. The molecule has 0 aliphatic heterocycles. The average Bonchev–Trinajstić information content (AvgIpc) is 3.36. The standard InChI is InChI=1S/C22H21FN6/c23-15-9-6-12-17(13-15)29-20(24)18-19(14-7-2-1-3-8-14)26-22(27-21(18)28-29)25-16-10-4-5-11-16/h1-3,6-9,12-13,16H,4-5,10-11,24H2,(H,25,27,28). The Hall–Kier alpha value is -3.48. The molecule has 146 valence electrons. The molecule has 0 saturated heterocycles. The van der Waals surface area contributed by atoms with E-state index >= 15 is 0 Å². The van der Waals surface area contributed by atoms with E-state index in [0.29, 0.717) is 34.5 Å². The van der Waals surface area contributed by atoms with E-state index < -0.39 is 0 Å². The van der Waals surface area contributed by atoms with Gasteiger partial charge in [-0.3, -0.25) is 0 Å². The van der Waals surface area contributed by atoms with Gasteiger partial charge >= 0.3 is 0 Å². The highest BCUT2D eigenvalue weighted by molar-refractivity contribution is 5.99. The second kappa shape index (κ2) is 7.16. The summed E-state index contributed by atoms with van der Waals surface area (Å²) in [5, 5.41) is 8.69. The van der Waals surface area contributed by atoms with Crippen LogP contribution in [0.2, 0.25) is 0 Å². The highest BCUT2D eigenvalue weighted by atomic mass is 19.1. The van der Waals surface area contributed by atoms with E-state index in [4.69, 9.17) is 10.7 Å². The first-order chi connectivity index (χ1) is 14.2.